The van der Waals surface area contributed by atoms with E-state index in [4.69, 9.17) is 5.73 Å². The maximum Gasteiger partial charge on any atom is 0.325 e. The first-order valence-electron chi connectivity index (χ1n) is 5.87. The van der Waals surface area contributed by atoms with Gasteiger partial charge in [-0.1, -0.05) is 0 Å². The predicted molar refractivity (Wildman–Crippen MR) is 78.5 cm³/mol. The zero-order chi connectivity index (χ0) is 16.0. The molecule has 0 radical (unpaired) electrons. The third-order valence-corrected chi connectivity index (χ3v) is 3.29. The molecule has 2 N–H and O–H groups in total. The molecule has 0 aliphatic rings. The van der Waals surface area contributed by atoms with Crippen LogP contribution in [0.4, 0.5) is 5.69 Å². The fourth-order valence-electron chi connectivity index (χ4n) is 1.52. The van der Waals surface area contributed by atoms with Crippen molar-refractivity contribution < 1.29 is 23.9 Å². The number of anilines is 1. The van der Waals surface area contributed by atoms with Crippen LogP contribution < -0.4 is 5.73 Å². The van der Waals surface area contributed by atoms with Gasteiger partial charge >= 0.3 is 11.9 Å². The van der Waals surface area contributed by atoms with E-state index in [2.05, 4.69) is 25.4 Å². The number of hydrogen-bond donors (Lipinski definition) is 1. The molecule has 1 rings (SSSR count). The Morgan fingerprint density at radius 2 is 1.67 bits per heavy atom. The molecule has 1 aromatic carbocycles. The van der Waals surface area contributed by atoms with Crippen LogP contribution in [0.5, 0.6) is 0 Å². The molecular weight excluding hydrogens is 344 g/mol. The SMILES string of the molecule is COC(=O)CN(CC(=O)OC)C(=O)c1cc(N)ccc1Br. The highest BCUT2D eigenvalue weighted by molar-refractivity contribution is 9.10. The number of esters is 2. The second kappa shape index (κ2) is 7.63. The first kappa shape index (κ1) is 17.0. The summed E-state index contributed by atoms with van der Waals surface area (Å²) in [7, 11) is 2.39. The Balaban J connectivity index is 3.05. The number of carbonyl (C=O) groups excluding carboxylic acids is 3. The highest BCUT2D eigenvalue weighted by atomic mass is 79.9. The predicted octanol–water partition coefficient (Wildman–Crippen LogP) is 0.820. The largest absolute Gasteiger partial charge is 0.468 e. The van der Waals surface area contributed by atoms with Gasteiger partial charge in [0.2, 0.25) is 0 Å². The third-order valence-electron chi connectivity index (χ3n) is 2.60. The summed E-state index contributed by atoms with van der Waals surface area (Å²) < 4.78 is 9.53. The molecule has 1 aromatic rings. The summed E-state index contributed by atoms with van der Waals surface area (Å²) in [6.07, 6.45) is 0. The van der Waals surface area contributed by atoms with Gasteiger partial charge in [-0.3, -0.25) is 14.4 Å². The Labute approximate surface area is 130 Å². The molecule has 0 unspecified atom stereocenters. The monoisotopic (exact) mass is 358 g/mol. The van der Waals surface area contributed by atoms with Crippen molar-refractivity contribution >= 4 is 39.5 Å². The lowest BCUT2D eigenvalue weighted by atomic mass is 10.1. The van der Waals surface area contributed by atoms with Gasteiger partial charge < -0.3 is 20.1 Å². The summed E-state index contributed by atoms with van der Waals surface area (Å²) in [4.78, 5) is 36.2. The van der Waals surface area contributed by atoms with Gasteiger partial charge in [0.15, 0.2) is 0 Å². The van der Waals surface area contributed by atoms with Gasteiger partial charge in [0, 0.05) is 10.2 Å². The Bertz CT molecular complexity index is 543. The Morgan fingerprint density at radius 1 is 1.14 bits per heavy atom. The normalized spacial score (nSPS) is 9.86. The van der Waals surface area contributed by atoms with E-state index in [9.17, 15) is 14.4 Å². The first-order chi connectivity index (χ1) is 9.88. The second-order valence-corrected chi connectivity index (χ2v) is 4.91. The van der Waals surface area contributed by atoms with E-state index in [1.807, 2.05) is 0 Å². The van der Waals surface area contributed by atoms with E-state index in [0.717, 1.165) is 4.90 Å². The minimum Gasteiger partial charge on any atom is -0.468 e. The minimum absolute atomic E-state index is 0.239. The van der Waals surface area contributed by atoms with Gasteiger partial charge in [0.25, 0.3) is 5.91 Å². The molecular formula is C13H15BrN2O5. The smallest absolute Gasteiger partial charge is 0.325 e. The van der Waals surface area contributed by atoms with Crippen molar-refractivity contribution in [2.75, 3.05) is 33.0 Å². The van der Waals surface area contributed by atoms with Crippen molar-refractivity contribution in [1.29, 1.82) is 0 Å². The van der Waals surface area contributed by atoms with Gasteiger partial charge in [-0.15, -0.1) is 0 Å². The van der Waals surface area contributed by atoms with Crippen molar-refractivity contribution in [1.82, 2.24) is 4.90 Å². The topological polar surface area (TPSA) is 98.9 Å². The van der Waals surface area contributed by atoms with Crippen LogP contribution in [-0.2, 0) is 19.1 Å². The van der Waals surface area contributed by atoms with Crippen LogP contribution in [-0.4, -0.2) is 50.1 Å². The quantitative estimate of drug-likeness (QED) is 0.617. The van der Waals surface area contributed by atoms with Gasteiger partial charge in [-0.25, -0.2) is 0 Å². The number of nitrogens with zero attached hydrogens (tertiary/aromatic N) is 1. The number of nitrogens with two attached hydrogens (primary N) is 1. The average Bonchev–Trinajstić information content (AvgIpc) is 2.47. The zero-order valence-corrected chi connectivity index (χ0v) is 13.2. The molecule has 0 aromatic heterocycles. The summed E-state index contributed by atoms with van der Waals surface area (Å²) in [6.45, 7) is -0.739. The van der Waals surface area contributed by atoms with Crippen LogP contribution in [0.25, 0.3) is 0 Å². The first-order valence-corrected chi connectivity index (χ1v) is 6.66. The van der Waals surface area contributed by atoms with E-state index in [0.29, 0.717) is 10.2 Å². The van der Waals surface area contributed by atoms with Gasteiger partial charge in [-0.2, -0.15) is 0 Å². The number of hydrogen-bond acceptors (Lipinski definition) is 6. The lowest BCUT2D eigenvalue weighted by Crippen LogP contribution is -2.40. The Kier molecular flexibility index (Phi) is 6.16. The fourth-order valence-corrected chi connectivity index (χ4v) is 1.93. The molecule has 0 bridgehead atoms. The molecule has 8 heteroatoms. The summed E-state index contributed by atoms with van der Waals surface area (Å²) in [5, 5.41) is 0. The number of nitrogen functional groups attached to an aromatic ring is 1. The van der Waals surface area contributed by atoms with Crippen molar-refractivity contribution in [3.63, 3.8) is 0 Å². The number of ether oxygens (including phenoxy) is 2. The summed E-state index contributed by atoms with van der Waals surface area (Å²) >= 11 is 3.23. The van der Waals surface area contributed by atoms with Crippen LogP contribution in [0.15, 0.2) is 22.7 Å². The third kappa shape index (κ3) is 4.75. The number of rotatable bonds is 5. The van der Waals surface area contributed by atoms with Crippen LogP contribution >= 0.6 is 15.9 Å². The molecule has 21 heavy (non-hydrogen) atoms. The van der Waals surface area contributed by atoms with E-state index < -0.39 is 17.8 Å². The van der Waals surface area contributed by atoms with E-state index in [1.54, 1.807) is 12.1 Å². The summed E-state index contributed by atoms with van der Waals surface area (Å²) in [6, 6.07) is 4.68. The zero-order valence-electron chi connectivity index (χ0n) is 11.6. The number of amides is 1. The highest BCUT2D eigenvalue weighted by Crippen LogP contribution is 2.21. The summed E-state index contributed by atoms with van der Waals surface area (Å²) in [5.74, 6) is -1.83. The van der Waals surface area contributed by atoms with Crippen LogP contribution in [0.3, 0.4) is 0 Å². The molecule has 0 spiro atoms. The van der Waals surface area contributed by atoms with E-state index in [1.165, 1.54) is 20.3 Å². The van der Waals surface area contributed by atoms with E-state index in [-0.39, 0.29) is 18.7 Å². The number of carbonyl (C=O) groups is 3. The molecule has 1 amide bonds. The fraction of sp³-hybridized carbons (Fsp3) is 0.308. The van der Waals surface area contributed by atoms with Crippen molar-refractivity contribution in [3.8, 4) is 0 Å². The van der Waals surface area contributed by atoms with Crippen LogP contribution in [0.2, 0.25) is 0 Å². The van der Waals surface area contributed by atoms with Crippen molar-refractivity contribution in [3.05, 3.63) is 28.2 Å². The molecule has 0 aliphatic carbocycles. The lowest BCUT2D eigenvalue weighted by Gasteiger charge is -2.20. The lowest BCUT2D eigenvalue weighted by molar-refractivity contribution is -0.144. The maximum absolute atomic E-state index is 12.4. The molecule has 0 fully saturated rings. The van der Waals surface area contributed by atoms with E-state index >= 15 is 0 Å². The molecule has 0 heterocycles. The molecule has 7 nitrogen and oxygen atoms in total. The van der Waals surface area contributed by atoms with Gasteiger partial charge in [0.05, 0.1) is 19.8 Å². The number of methoxy groups -OCH3 is 2. The van der Waals surface area contributed by atoms with Crippen LogP contribution in [0.1, 0.15) is 10.4 Å². The number of benzene rings is 1. The molecule has 0 saturated heterocycles. The molecule has 0 aliphatic heterocycles. The van der Waals surface area contributed by atoms with Gasteiger partial charge in [0.1, 0.15) is 13.1 Å². The number of halogens is 1. The molecule has 0 saturated carbocycles. The second-order valence-electron chi connectivity index (χ2n) is 4.05. The summed E-state index contributed by atoms with van der Waals surface area (Å²) in [5.41, 5.74) is 6.27. The molecule has 0 atom stereocenters. The van der Waals surface area contributed by atoms with Crippen molar-refractivity contribution in [2.45, 2.75) is 0 Å². The van der Waals surface area contributed by atoms with Gasteiger partial charge in [-0.05, 0) is 34.1 Å². The van der Waals surface area contributed by atoms with Crippen LogP contribution in [0, 0.1) is 0 Å². The Morgan fingerprint density at radius 3 is 2.14 bits per heavy atom. The average molecular weight is 359 g/mol. The molecule has 114 valence electrons. The highest BCUT2D eigenvalue weighted by Gasteiger charge is 2.24. The minimum atomic E-state index is -0.646. The maximum atomic E-state index is 12.4. The van der Waals surface area contributed by atoms with Crippen molar-refractivity contribution in [2.24, 2.45) is 0 Å². The standard InChI is InChI=1S/C13H15BrN2O5/c1-20-11(17)6-16(7-12(18)21-2)13(19)9-5-8(15)3-4-10(9)14/h3-5H,6-7,15H2,1-2H3. The Hall–Kier alpha value is -2.09.